The first kappa shape index (κ1) is 41.7. The molecule has 1 aromatic carbocycles. The summed E-state index contributed by atoms with van der Waals surface area (Å²) in [5, 5.41) is 7.90. The van der Waals surface area contributed by atoms with Crippen molar-refractivity contribution in [3.05, 3.63) is 47.5 Å². The number of allylic oxidation sites excluding steroid dienone is 1. The number of rotatable bonds is 7. The Balaban J connectivity index is 1.28. The highest BCUT2D eigenvalue weighted by atomic mass is 19.1. The van der Waals surface area contributed by atoms with Crippen LogP contribution in [0.2, 0.25) is 0 Å². The van der Waals surface area contributed by atoms with E-state index in [-0.39, 0.29) is 49.2 Å². The van der Waals surface area contributed by atoms with Gasteiger partial charge in [-0.2, -0.15) is 0 Å². The highest BCUT2D eigenvalue weighted by molar-refractivity contribution is 5.98. The summed E-state index contributed by atoms with van der Waals surface area (Å²) in [6.45, 7) is 7.04. The number of carbonyl (C=O) groups is 7. The molecule has 5 aliphatic rings. The molecule has 3 N–H and O–H groups in total. The van der Waals surface area contributed by atoms with Crippen molar-refractivity contribution in [1.82, 2.24) is 30.7 Å². The zero-order chi connectivity index (χ0) is 41.3. The maximum atomic E-state index is 14.4. The fourth-order valence-corrected chi connectivity index (χ4v) is 9.61. The van der Waals surface area contributed by atoms with Crippen molar-refractivity contribution in [3.63, 3.8) is 0 Å². The molecule has 9 atom stereocenters. The van der Waals surface area contributed by atoms with Crippen LogP contribution >= 0.6 is 0 Å². The zero-order valence-electron chi connectivity index (χ0n) is 33.2. The van der Waals surface area contributed by atoms with Crippen molar-refractivity contribution in [2.75, 3.05) is 26.7 Å². The van der Waals surface area contributed by atoms with Gasteiger partial charge in [0.25, 0.3) is 0 Å². The first-order valence-corrected chi connectivity index (χ1v) is 20.0. The Morgan fingerprint density at radius 1 is 0.930 bits per heavy atom. The SMILES string of the molecule is C[C@@H]1NC(=O)[C@H](C)N(C)C(=O)[C@@H]2CCCN2C(=O)[C@@H](NC(=O)[C@H](Cc2cc(F)cc(F)c2)NC(=O)/C=C/C2C3CCC(C3)C2(C)C)COC(=O)[C@@H]2CCCN2C1=O. The summed E-state index contributed by atoms with van der Waals surface area (Å²) in [6.07, 6.45) is 7.62. The minimum Gasteiger partial charge on any atom is -0.461 e. The molecule has 310 valence electrons. The highest BCUT2D eigenvalue weighted by Gasteiger charge is 2.51. The van der Waals surface area contributed by atoms with Crippen LogP contribution in [0.1, 0.15) is 78.2 Å². The molecule has 57 heavy (non-hydrogen) atoms. The summed E-state index contributed by atoms with van der Waals surface area (Å²) in [4.78, 5) is 99.8. The third-order valence-corrected chi connectivity index (χ3v) is 13.0. The molecule has 2 bridgehead atoms. The average Bonchev–Trinajstić information content (AvgIpc) is 3.98. The van der Waals surface area contributed by atoms with Gasteiger partial charge in [0.1, 0.15) is 54.5 Å². The minimum absolute atomic E-state index is 0.00725. The molecule has 0 spiro atoms. The van der Waals surface area contributed by atoms with E-state index in [1.54, 1.807) is 0 Å². The minimum atomic E-state index is -1.56. The molecule has 5 fully saturated rings. The van der Waals surface area contributed by atoms with Gasteiger partial charge in [-0.05, 0) is 106 Å². The Morgan fingerprint density at radius 3 is 2.23 bits per heavy atom. The van der Waals surface area contributed by atoms with E-state index in [4.69, 9.17) is 4.74 Å². The number of nitrogens with one attached hydrogen (secondary N) is 3. The van der Waals surface area contributed by atoms with Crippen LogP contribution in [-0.2, 0) is 44.7 Å². The first-order valence-electron chi connectivity index (χ1n) is 20.0. The predicted octanol–water partition coefficient (Wildman–Crippen LogP) is 2.00. The molecule has 14 nitrogen and oxygen atoms in total. The van der Waals surface area contributed by atoms with E-state index >= 15 is 0 Å². The molecule has 3 saturated heterocycles. The Hall–Kier alpha value is -4.89. The smallest absolute Gasteiger partial charge is 0.328 e. The van der Waals surface area contributed by atoms with Crippen LogP contribution in [0.5, 0.6) is 0 Å². The number of halogens is 2. The van der Waals surface area contributed by atoms with E-state index in [1.165, 1.54) is 41.7 Å². The molecule has 0 aromatic heterocycles. The van der Waals surface area contributed by atoms with E-state index in [0.29, 0.717) is 30.7 Å². The van der Waals surface area contributed by atoms with Gasteiger partial charge in [0, 0.05) is 32.6 Å². The van der Waals surface area contributed by atoms with Crippen LogP contribution in [0.3, 0.4) is 0 Å². The molecule has 1 aromatic rings. The van der Waals surface area contributed by atoms with Gasteiger partial charge in [-0.15, -0.1) is 0 Å². The number of ether oxygens (including phenoxy) is 1. The second-order valence-electron chi connectivity index (χ2n) is 16.9. The Labute approximate surface area is 331 Å². The molecular formula is C41H54F2N6O8. The number of nitrogens with zero attached hydrogens (tertiary/aromatic N) is 3. The third-order valence-electron chi connectivity index (χ3n) is 13.0. The maximum Gasteiger partial charge on any atom is 0.328 e. The van der Waals surface area contributed by atoms with Crippen LogP contribution in [0.4, 0.5) is 8.78 Å². The fraction of sp³-hybridized carbons (Fsp3) is 0.634. The number of hydrogen-bond donors (Lipinski definition) is 3. The highest BCUT2D eigenvalue weighted by Crippen LogP contribution is 2.59. The maximum absolute atomic E-state index is 14.4. The molecule has 6 rings (SSSR count). The largest absolute Gasteiger partial charge is 0.461 e. The van der Waals surface area contributed by atoms with E-state index in [9.17, 15) is 42.3 Å². The van der Waals surface area contributed by atoms with Gasteiger partial charge >= 0.3 is 5.97 Å². The lowest BCUT2D eigenvalue weighted by molar-refractivity contribution is -0.158. The zero-order valence-corrected chi connectivity index (χ0v) is 33.2. The first-order chi connectivity index (χ1) is 27.0. The number of cyclic esters (lactones) is 1. The van der Waals surface area contributed by atoms with Crippen LogP contribution in [0.15, 0.2) is 30.4 Å². The molecule has 16 heteroatoms. The summed E-state index contributed by atoms with van der Waals surface area (Å²) in [7, 11) is 1.43. The lowest BCUT2D eigenvalue weighted by Crippen LogP contribution is -2.60. The lowest BCUT2D eigenvalue weighted by atomic mass is 9.68. The molecular weight excluding hydrogens is 742 g/mol. The molecule has 0 radical (unpaired) electrons. The number of likely N-dealkylation sites (N-methyl/N-ethyl adjacent to an activating group) is 1. The fourth-order valence-electron chi connectivity index (χ4n) is 9.61. The number of hydrogen-bond acceptors (Lipinski definition) is 8. The molecule has 2 aliphatic carbocycles. The van der Waals surface area contributed by atoms with Crippen molar-refractivity contribution >= 4 is 41.4 Å². The van der Waals surface area contributed by atoms with Gasteiger partial charge in [0.2, 0.25) is 35.4 Å². The van der Waals surface area contributed by atoms with Crippen LogP contribution in [0, 0.1) is 34.8 Å². The van der Waals surface area contributed by atoms with Gasteiger partial charge in [0.15, 0.2) is 0 Å². The Bertz CT molecular complexity index is 1800. The normalized spacial score (nSPS) is 31.3. The summed E-state index contributed by atoms with van der Waals surface area (Å²) >= 11 is 0. The summed E-state index contributed by atoms with van der Waals surface area (Å²) in [5.74, 6) is -5.38. The molecule has 3 heterocycles. The second kappa shape index (κ2) is 16.9. The van der Waals surface area contributed by atoms with E-state index < -0.39 is 95.9 Å². The van der Waals surface area contributed by atoms with Gasteiger partial charge < -0.3 is 35.4 Å². The summed E-state index contributed by atoms with van der Waals surface area (Å²) in [6, 6.07) is -4.31. The number of carbonyl (C=O) groups excluding carboxylic acids is 7. The average molecular weight is 797 g/mol. The second-order valence-corrected chi connectivity index (χ2v) is 16.9. The Kier molecular flexibility index (Phi) is 12.4. The topological polar surface area (TPSA) is 175 Å². The van der Waals surface area contributed by atoms with Crippen LogP contribution < -0.4 is 16.0 Å². The number of esters is 1. The number of fused-ring (bicyclic) bond motifs is 4. The number of amides is 6. The van der Waals surface area contributed by atoms with Crippen molar-refractivity contribution < 1.29 is 47.1 Å². The molecule has 3 aliphatic heterocycles. The van der Waals surface area contributed by atoms with E-state index in [0.717, 1.165) is 31.4 Å². The monoisotopic (exact) mass is 796 g/mol. The van der Waals surface area contributed by atoms with Gasteiger partial charge in [-0.1, -0.05) is 19.9 Å². The molecule has 3 unspecified atom stereocenters. The molecule has 6 amide bonds. The summed E-state index contributed by atoms with van der Waals surface area (Å²) in [5.41, 5.74) is 0.0562. The number of benzene rings is 1. The van der Waals surface area contributed by atoms with Crippen molar-refractivity contribution in [3.8, 4) is 0 Å². The third kappa shape index (κ3) is 8.84. The van der Waals surface area contributed by atoms with Crippen molar-refractivity contribution in [2.45, 2.75) is 115 Å². The quantitative estimate of drug-likeness (QED) is 0.278. The van der Waals surface area contributed by atoms with Crippen LogP contribution in [0.25, 0.3) is 0 Å². The van der Waals surface area contributed by atoms with Crippen molar-refractivity contribution in [1.29, 1.82) is 0 Å². The van der Waals surface area contributed by atoms with Crippen molar-refractivity contribution in [2.24, 2.45) is 23.2 Å². The lowest BCUT2D eigenvalue weighted by Gasteiger charge is -2.36. The Morgan fingerprint density at radius 2 is 1.58 bits per heavy atom. The summed E-state index contributed by atoms with van der Waals surface area (Å²) < 4.78 is 34.3. The van der Waals surface area contributed by atoms with Gasteiger partial charge in [-0.3, -0.25) is 28.8 Å². The van der Waals surface area contributed by atoms with Gasteiger partial charge in [-0.25, -0.2) is 13.6 Å². The molecule has 2 saturated carbocycles. The van der Waals surface area contributed by atoms with E-state index in [2.05, 4.69) is 29.8 Å². The van der Waals surface area contributed by atoms with Gasteiger partial charge in [0.05, 0.1) is 0 Å². The standard InChI is InChI=1S/C41H54F2N6O8/c1-22-37(53)49-15-7-9-33(49)40(56)57-21-31(38(54)48-14-6-8-32(48)39(55)47(5)23(2)35(51)44-22)46-36(52)30(18-24-16-27(42)20-28(43)17-24)45-34(50)13-12-29-25-10-11-26(19-25)41(29,3)4/h12-13,16-17,20,22-23,25-26,29-33H,6-11,14-15,18-19,21H2,1-5H3,(H,44,51)(H,45,50)(H,46,52)/b13-12+/t22-,23-,25?,26?,29?,30-,31-,32-,33-/m0/s1. The predicted molar refractivity (Wildman–Crippen MR) is 201 cm³/mol. The van der Waals surface area contributed by atoms with E-state index in [1.807, 2.05) is 6.08 Å². The van der Waals surface area contributed by atoms with Crippen LogP contribution in [-0.4, -0.2) is 119 Å².